The number of carboxylic acid groups (broad SMARTS) is 1. The van der Waals surface area contributed by atoms with Gasteiger partial charge in [-0.15, -0.1) is 0 Å². The number of carbonyl (C=O) groups is 1. The van der Waals surface area contributed by atoms with E-state index in [0.717, 1.165) is 17.7 Å². The fourth-order valence-corrected chi connectivity index (χ4v) is 2.12. The van der Waals surface area contributed by atoms with Crippen LogP contribution in [0.2, 0.25) is 0 Å². The van der Waals surface area contributed by atoms with E-state index < -0.39 is 5.97 Å². The van der Waals surface area contributed by atoms with E-state index in [1.165, 1.54) is 12.1 Å². The molecule has 0 unspecified atom stereocenters. The number of rotatable bonds is 5. The zero-order valence-electron chi connectivity index (χ0n) is 13.0. The lowest BCUT2D eigenvalue weighted by Crippen LogP contribution is -1.99. The lowest BCUT2D eigenvalue weighted by Gasteiger charge is -2.09. The first-order valence-electron chi connectivity index (χ1n) is 7.45. The van der Waals surface area contributed by atoms with Gasteiger partial charge in [-0.3, -0.25) is 4.98 Å². The van der Waals surface area contributed by atoms with Crippen molar-refractivity contribution >= 4 is 5.97 Å². The number of nitrogens with zero attached hydrogens (tertiary/aromatic N) is 3. The van der Waals surface area contributed by atoms with Gasteiger partial charge in [-0.2, -0.15) is 4.98 Å². The van der Waals surface area contributed by atoms with Gasteiger partial charge in [0.05, 0.1) is 5.56 Å². The molecule has 0 aliphatic rings. The summed E-state index contributed by atoms with van der Waals surface area (Å²) < 4.78 is 5.76. The maximum atomic E-state index is 10.9. The second-order valence-electron chi connectivity index (χ2n) is 5.04. The lowest BCUT2D eigenvalue weighted by molar-refractivity contribution is 0.0697. The molecule has 0 bridgehead atoms. The molecule has 0 aliphatic carbocycles. The summed E-state index contributed by atoms with van der Waals surface area (Å²) in [5.74, 6) is 0.518. The van der Waals surface area contributed by atoms with Crippen LogP contribution in [0, 0.1) is 0 Å². The number of hydrogen-bond acceptors (Lipinski definition) is 5. The SMILES string of the molecule is CCc1cc(Oc2ccc(C(=O)O)cc2)nc(-c2ccncc2)n1. The maximum Gasteiger partial charge on any atom is 0.335 e. The van der Waals surface area contributed by atoms with Crippen LogP contribution >= 0.6 is 0 Å². The minimum atomic E-state index is -0.975. The number of aromatic carboxylic acids is 1. The quantitative estimate of drug-likeness (QED) is 0.773. The van der Waals surface area contributed by atoms with Crippen LogP contribution in [0.1, 0.15) is 23.0 Å². The highest BCUT2D eigenvalue weighted by molar-refractivity contribution is 5.87. The van der Waals surface area contributed by atoms with E-state index >= 15 is 0 Å². The molecule has 0 radical (unpaired) electrons. The molecule has 2 aromatic heterocycles. The van der Waals surface area contributed by atoms with Gasteiger partial charge >= 0.3 is 5.97 Å². The van der Waals surface area contributed by atoms with E-state index in [0.29, 0.717) is 17.5 Å². The van der Waals surface area contributed by atoms with E-state index in [-0.39, 0.29) is 5.56 Å². The third kappa shape index (κ3) is 3.55. The Morgan fingerprint density at radius 3 is 2.42 bits per heavy atom. The summed E-state index contributed by atoms with van der Waals surface area (Å²) in [6.07, 6.45) is 4.11. The number of aromatic nitrogens is 3. The van der Waals surface area contributed by atoms with Gasteiger partial charge in [-0.1, -0.05) is 6.92 Å². The molecule has 0 atom stereocenters. The molecule has 0 fully saturated rings. The van der Waals surface area contributed by atoms with E-state index in [4.69, 9.17) is 9.84 Å². The van der Waals surface area contributed by atoms with Gasteiger partial charge in [0.25, 0.3) is 0 Å². The highest BCUT2D eigenvalue weighted by Crippen LogP contribution is 2.24. The van der Waals surface area contributed by atoms with Gasteiger partial charge in [0, 0.05) is 29.7 Å². The number of aryl methyl sites for hydroxylation is 1. The van der Waals surface area contributed by atoms with Crippen LogP contribution in [0.25, 0.3) is 11.4 Å². The Bertz CT molecular complexity index is 849. The van der Waals surface area contributed by atoms with Crippen LogP contribution in [-0.2, 0) is 6.42 Å². The average molecular weight is 321 g/mol. The first-order valence-corrected chi connectivity index (χ1v) is 7.45. The van der Waals surface area contributed by atoms with Crippen LogP contribution in [0.4, 0.5) is 0 Å². The molecule has 0 amide bonds. The molecule has 2 heterocycles. The topological polar surface area (TPSA) is 85.2 Å². The number of benzene rings is 1. The molecule has 6 heteroatoms. The monoisotopic (exact) mass is 321 g/mol. The molecular weight excluding hydrogens is 306 g/mol. The van der Waals surface area contributed by atoms with Crippen LogP contribution in [0.3, 0.4) is 0 Å². The fraction of sp³-hybridized carbons (Fsp3) is 0.111. The van der Waals surface area contributed by atoms with Crippen molar-refractivity contribution in [1.29, 1.82) is 0 Å². The summed E-state index contributed by atoms with van der Waals surface area (Å²) in [7, 11) is 0. The van der Waals surface area contributed by atoms with E-state index in [2.05, 4.69) is 15.0 Å². The van der Waals surface area contributed by atoms with Crippen molar-refractivity contribution in [1.82, 2.24) is 15.0 Å². The Morgan fingerprint density at radius 1 is 1.08 bits per heavy atom. The van der Waals surface area contributed by atoms with Gasteiger partial charge in [0.1, 0.15) is 5.75 Å². The lowest BCUT2D eigenvalue weighted by atomic mass is 10.2. The van der Waals surface area contributed by atoms with Gasteiger partial charge in [0.2, 0.25) is 5.88 Å². The molecule has 3 rings (SSSR count). The summed E-state index contributed by atoms with van der Waals surface area (Å²) in [6, 6.07) is 11.6. The number of carboxylic acids is 1. The Balaban J connectivity index is 1.91. The molecule has 120 valence electrons. The third-order valence-corrected chi connectivity index (χ3v) is 3.38. The third-order valence-electron chi connectivity index (χ3n) is 3.38. The predicted molar refractivity (Wildman–Crippen MR) is 88.1 cm³/mol. The van der Waals surface area contributed by atoms with Crippen LogP contribution < -0.4 is 4.74 Å². The van der Waals surface area contributed by atoms with Gasteiger partial charge < -0.3 is 9.84 Å². The summed E-state index contributed by atoms with van der Waals surface area (Å²) in [6.45, 7) is 2.00. The summed E-state index contributed by atoms with van der Waals surface area (Å²) in [5.41, 5.74) is 1.91. The first kappa shape index (κ1) is 15.6. The Labute approximate surface area is 138 Å². The molecular formula is C18H15N3O3. The molecule has 6 nitrogen and oxygen atoms in total. The van der Waals surface area contributed by atoms with Crippen molar-refractivity contribution in [3.63, 3.8) is 0 Å². The average Bonchev–Trinajstić information content (AvgIpc) is 2.62. The minimum Gasteiger partial charge on any atom is -0.478 e. The Hall–Kier alpha value is -3.28. The summed E-state index contributed by atoms with van der Waals surface area (Å²) >= 11 is 0. The van der Waals surface area contributed by atoms with E-state index in [9.17, 15) is 4.79 Å². The molecule has 3 aromatic rings. The second kappa shape index (κ2) is 6.87. The smallest absolute Gasteiger partial charge is 0.335 e. The van der Waals surface area contributed by atoms with Gasteiger partial charge in [-0.05, 0) is 42.8 Å². The Morgan fingerprint density at radius 2 is 1.79 bits per heavy atom. The highest BCUT2D eigenvalue weighted by Gasteiger charge is 2.09. The second-order valence-corrected chi connectivity index (χ2v) is 5.04. The molecule has 0 aliphatic heterocycles. The van der Waals surface area contributed by atoms with Crippen molar-refractivity contribution in [2.75, 3.05) is 0 Å². The number of hydrogen-bond donors (Lipinski definition) is 1. The predicted octanol–water partition coefficient (Wildman–Crippen LogP) is 3.59. The largest absolute Gasteiger partial charge is 0.478 e. The number of pyridine rings is 1. The molecule has 1 N–H and O–H groups in total. The molecule has 0 saturated heterocycles. The van der Waals surface area contributed by atoms with Crippen molar-refractivity contribution in [2.45, 2.75) is 13.3 Å². The van der Waals surface area contributed by atoms with Crippen molar-refractivity contribution < 1.29 is 14.6 Å². The number of ether oxygens (including phenoxy) is 1. The van der Waals surface area contributed by atoms with E-state index in [1.807, 2.05) is 19.1 Å². The molecule has 0 saturated carbocycles. The standard InChI is InChI=1S/C18H15N3O3/c1-2-14-11-16(21-17(20-14)12-7-9-19-10-8-12)24-15-5-3-13(4-6-15)18(22)23/h3-11H,2H2,1H3,(H,22,23). The van der Waals surface area contributed by atoms with Crippen molar-refractivity contribution in [2.24, 2.45) is 0 Å². The highest BCUT2D eigenvalue weighted by atomic mass is 16.5. The molecule has 0 spiro atoms. The minimum absolute atomic E-state index is 0.205. The van der Waals surface area contributed by atoms with Crippen molar-refractivity contribution in [3.05, 3.63) is 66.1 Å². The molecule has 24 heavy (non-hydrogen) atoms. The molecule has 1 aromatic carbocycles. The normalized spacial score (nSPS) is 10.4. The van der Waals surface area contributed by atoms with Crippen LogP contribution in [0.5, 0.6) is 11.6 Å². The van der Waals surface area contributed by atoms with E-state index in [1.54, 1.807) is 30.6 Å². The maximum absolute atomic E-state index is 10.9. The fourth-order valence-electron chi connectivity index (χ4n) is 2.12. The zero-order valence-corrected chi connectivity index (χ0v) is 13.0. The Kier molecular flexibility index (Phi) is 4.47. The van der Waals surface area contributed by atoms with Crippen LogP contribution in [0.15, 0.2) is 54.9 Å². The summed E-state index contributed by atoms with van der Waals surface area (Å²) in [4.78, 5) is 23.8. The first-order chi connectivity index (χ1) is 11.7. The van der Waals surface area contributed by atoms with Crippen molar-refractivity contribution in [3.8, 4) is 23.0 Å². The van der Waals surface area contributed by atoms with Crippen LogP contribution in [-0.4, -0.2) is 26.0 Å². The van der Waals surface area contributed by atoms with Gasteiger partial charge in [-0.25, -0.2) is 9.78 Å². The summed E-state index contributed by atoms with van der Waals surface area (Å²) in [5, 5.41) is 8.93. The van der Waals surface area contributed by atoms with Gasteiger partial charge in [0.15, 0.2) is 5.82 Å². The zero-order chi connectivity index (χ0) is 16.9.